The molecular weight excluding hydrogens is 404 g/mol. The van der Waals surface area contributed by atoms with Gasteiger partial charge in [-0.05, 0) is 57.5 Å². The third-order valence-electron chi connectivity index (χ3n) is 4.80. The molecule has 1 aliphatic rings. The summed E-state index contributed by atoms with van der Waals surface area (Å²) in [5.74, 6) is 0.103. The Labute approximate surface area is 178 Å². The number of hydrogen-bond donors (Lipinski definition) is 1. The number of amides is 1. The minimum atomic E-state index is -3.70. The fourth-order valence-electron chi connectivity index (χ4n) is 3.32. The van der Waals surface area contributed by atoms with Gasteiger partial charge in [-0.3, -0.25) is 4.79 Å². The van der Waals surface area contributed by atoms with Crippen molar-refractivity contribution in [1.82, 2.24) is 4.31 Å². The molecule has 0 radical (unpaired) electrons. The van der Waals surface area contributed by atoms with Crippen LogP contribution >= 0.6 is 0 Å². The van der Waals surface area contributed by atoms with E-state index < -0.39 is 10.0 Å². The third-order valence-corrected chi connectivity index (χ3v) is 6.69. The lowest BCUT2D eigenvalue weighted by atomic mass is 10.1. The first kappa shape index (κ1) is 22.3. The number of nitrogens with zero attached hydrogens (tertiary/aromatic N) is 1. The summed E-state index contributed by atoms with van der Waals surface area (Å²) in [6.45, 7) is 8.90. The second kappa shape index (κ2) is 9.16. The van der Waals surface area contributed by atoms with Gasteiger partial charge in [0.25, 0.3) is 5.91 Å². The Morgan fingerprint density at radius 2 is 1.80 bits per heavy atom. The number of hydrogen-bond acceptors (Lipinski definition) is 5. The first-order valence-electron chi connectivity index (χ1n) is 9.95. The van der Waals surface area contributed by atoms with E-state index in [1.807, 2.05) is 39.8 Å². The first-order valence-corrected chi connectivity index (χ1v) is 11.4. The molecule has 1 saturated heterocycles. The number of ether oxygens (including phenoxy) is 2. The van der Waals surface area contributed by atoms with Crippen molar-refractivity contribution >= 4 is 21.6 Å². The molecule has 1 amide bonds. The zero-order valence-corrected chi connectivity index (χ0v) is 18.6. The average Bonchev–Trinajstić information content (AvgIpc) is 2.69. The van der Waals surface area contributed by atoms with E-state index in [-0.39, 0.29) is 16.9 Å². The van der Waals surface area contributed by atoms with Crippen LogP contribution < -0.4 is 10.1 Å². The number of sulfonamides is 1. The maximum atomic E-state index is 13.0. The molecule has 0 unspecified atom stereocenters. The molecule has 2 aromatic rings. The van der Waals surface area contributed by atoms with E-state index in [2.05, 4.69) is 5.32 Å². The normalized spacial score (nSPS) is 15.2. The molecule has 1 fully saturated rings. The smallest absolute Gasteiger partial charge is 0.256 e. The number of rotatable bonds is 6. The number of nitrogens with one attached hydrogen (secondary N) is 1. The Morgan fingerprint density at radius 3 is 2.43 bits per heavy atom. The molecule has 0 spiro atoms. The molecule has 162 valence electrons. The van der Waals surface area contributed by atoms with Crippen LogP contribution in [0.1, 0.15) is 35.3 Å². The highest BCUT2D eigenvalue weighted by molar-refractivity contribution is 7.89. The van der Waals surface area contributed by atoms with Crippen molar-refractivity contribution in [2.75, 3.05) is 31.6 Å². The summed E-state index contributed by atoms with van der Waals surface area (Å²) >= 11 is 0. The van der Waals surface area contributed by atoms with Crippen LogP contribution in [0.3, 0.4) is 0 Å². The van der Waals surface area contributed by atoms with Crippen molar-refractivity contribution in [2.24, 2.45) is 0 Å². The molecular formula is C22H28N2O5S. The second-order valence-electron chi connectivity index (χ2n) is 7.61. The molecule has 3 rings (SSSR count). The molecule has 2 aromatic carbocycles. The molecule has 1 N–H and O–H groups in total. The molecule has 0 saturated carbocycles. The zero-order valence-electron chi connectivity index (χ0n) is 17.8. The largest absolute Gasteiger partial charge is 0.489 e. The van der Waals surface area contributed by atoms with Crippen molar-refractivity contribution < 1.29 is 22.7 Å². The molecule has 30 heavy (non-hydrogen) atoms. The number of carbonyl (C=O) groups excluding carboxylic acids is 1. The van der Waals surface area contributed by atoms with Crippen LogP contribution in [0, 0.1) is 13.8 Å². The summed E-state index contributed by atoms with van der Waals surface area (Å²) in [6, 6.07) is 10.1. The summed E-state index contributed by atoms with van der Waals surface area (Å²) in [4.78, 5) is 13.0. The lowest BCUT2D eigenvalue weighted by Crippen LogP contribution is -2.40. The molecule has 7 nitrogen and oxygen atoms in total. The van der Waals surface area contributed by atoms with E-state index in [4.69, 9.17) is 9.47 Å². The Kier molecular flexibility index (Phi) is 6.80. The van der Waals surface area contributed by atoms with Gasteiger partial charge < -0.3 is 14.8 Å². The zero-order chi connectivity index (χ0) is 21.9. The summed E-state index contributed by atoms with van der Waals surface area (Å²) in [5.41, 5.74) is 2.75. The van der Waals surface area contributed by atoms with Crippen LogP contribution in [-0.4, -0.2) is 51.0 Å². The highest BCUT2D eigenvalue weighted by Crippen LogP contribution is 2.31. The van der Waals surface area contributed by atoms with Gasteiger partial charge >= 0.3 is 0 Å². The summed E-state index contributed by atoms with van der Waals surface area (Å²) in [7, 11) is -3.70. The van der Waals surface area contributed by atoms with Crippen LogP contribution in [0.4, 0.5) is 5.69 Å². The summed E-state index contributed by atoms with van der Waals surface area (Å²) < 4.78 is 38.5. The Bertz CT molecular complexity index is 1030. The van der Waals surface area contributed by atoms with Crippen LogP contribution in [0.5, 0.6) is 5.75 Å². The highest BCUT2D eigenvalue weighted by atomic mass is 32.2. The quantitative estimate of drug-likeness (QED) is 0.757. The molecule has 0 atom stereocenters. The van der Waals surface area contributed by atoms with Gasteiger partial charge in [-0.1, -0.05) is 17.7 Å². The third kappa shape index (κ3) is 5.00. The molecule has 0 bridgehead atoms. The van der Waals surface area contributed by atoms with Gasteiger partial charge in [0, 0.05) is 18.7 Å². The summed E-state index contributed by atoms with van der Waals surface area (Å²) in [6.07, 6.45) is -0.136. The average molecular weight is 433 g/mol. The SMILES string of the molecule is Cc1ccc(C(=O)Nc2cc(S(=O)(=O)N3CCOCC3)ccc2OC(C)C)c(C)c1. The Hall–Kier alpha value is -2.42. The van der Waals surface area contributed by atoms with Crippen molar-refractivity contribution in [2.45, 2.75) is 38.7 Å². The Balaban J connectivity index is 1.96. The second-order valence-corrected chi connectivity index (χ2v) is 9.55. The predicted molar refractivity (Wildman–Crippen MR) is 116 cm³/mol. The van der Waals surface area contributed by atoms with Crippen LogP contribution in [0.2, 0.25) is 0 Å². The van der Waals surface area contributed by atoms with Gasteiger partial charge in [-0.15, -0.1) is 0 Å². The number of aryl methyl sites for hydroxylation is 2. The lowest BCUT2D eigenvalue weighted by molar-refractivity contribution is 0.0730. The van der Waals surface area contributed by atoms with Gasteiger partial charge in [0.05, 0.1) is 29.9 Å². The first-order chi connectivity index (χ1) is 14.2. The fourth-order valence-corrected chi connectivity index (χ4v) is 4.75. The maximum Gasteiger partial charge on any atom is 0.256 e. The monoisotopic (exact) mass is 432 g/mol. The Morgan fingerprint density at radius 1 is 1.10 bits per heavy atom. The molecule has 1 aliphatic heterocycles. The number of carbonyl (C=O) groups is 1. The van der Waals surface area contributed by atoms with Gasteiger partial charge in [0.15, 0.2) is 0 Å². The van der Waals surface area contributed by atoms with Crippen molar-refractivity contribution in [3.8, 4) is 5.75 Å². The van der Waals surface area contributed by atoms with Gasteiger partial charge in [0.2, 0.25) is 10.0 Å². The highest BCUT2D eigenvalue weighted by Gasteiger charge is 2.27. The standard InChI is InChI=1S/C22H28N2O5S/c1-15(2)29-21-8-6-18(30(26,27)24-9-11-28-12-10-24)14-20(21)23-22(25)19-7-5-16(3)13-17(19)4/h5-8,13-15H,9-12H2,1-4H3,(H,23,25). The van der Waals surface area contributed by atoms with E-state index in [1.165, 1.54) is 16.4 Å². The molecule has 0 aromatic heterocycles. The van der Waals surface area contributed by atoms with E-state index in [0.717, 1.165) is 11.1 Å². The van der Waals surface area contributed by atoms with Crippen molar-refractivity contribution in [3.63, 3.8) is 0 Å². The van der Waals surface area contributed by atoms with Crippen LogP contribution in [0.15, 0.2) is 41.3 Å². The van der Waals surface area contributed by atoms with E-state index in [0.29, 0.717) is 43.3 Å². The minimum Gasteiger partial charge on any atom is -0.489 e. The molecule has 0 aliphatic carbocycles. The molecule has 1 heterocycles. The van der Waals surface area contributed by atoms with E-state index >= 15 is 0 Å². The minimum absolute atomic E-state index is 0.108. The fraction of sp³-hybridized carbons (Fsp3) is 0.409. The maximum absolute atomic E-state index is 13.0. The van der Waals surface area contributed by atoms with Crippen LogP contribution in [0.25, 0.3) is 0 Å². The van der Waals surface area contributed by atoms with Crippen molar-refractivity contribution in [3.05, 3.63) is 53.1 Å². The molecule has 8 heteroatoms. The van der Waals surface area contributed by atoms with Gasteiger partial charge in [-0.2, -0.15) is 4.31 Å². The summed E-state index contributed by atoms with van der Waals surface area (Å²) in [5, 5.41) is 2.84. The number of anilines is 1. The number of benzene rings is 2. The predicted octanol–water partition coefficient (Wildman–Crippen LogP) is 3.36. The number of morpholine rings is 1. The van der Waals surface area contributed by atoms with E-state index in [9.17, 15) is 13.2 Å². The lowest BCUT2D eigenvalue weighted by Gasteiger charge is -2.26. The van der Waals surface area contributed by atoms with Crippen LogP contribution in [-0.2, 0) is 14.8 Å². The van der Waals surface area contributed by atoms with Crippen molar-refractivity contribution in [1.29, 1.82) is 0 Å². The van der Waals surface area contributed by atoms with Gasteiger partial charge in [-0.25, -0.2) is 8.42 Å². The van der Waals surface area contributed by atoms with Gasteiger partial charge in [0.1, 0.15) is 5.75 Å². The topological polar surface area (TPSA) is 84.9 Å². The van der Waals surface area contributed by atoms with E-state index in [1.54, 1.807) is 12.1 Å².